The Morgan fingerprint density at radius 3 is 2.75 bits per heavy atom. The number of hydrogen-bond donors (Lipinski definition) is 0. The summed E-state index contributed by atoms with van der Waals surface area (Å²) >= 11 is 6.71. The quantitative estimate of drug-likeness (QED) is 0.785. The first kappa shape index (κ1) is 11.5. The zero-order valence-electron chi connectivity index (χ0n) is 8.45. The van der Waals surface area contributed by atoms with Crippen molar-refractivity contribution >= 4 is 37.6 Å². The molecule has 0 N–H and O–H groups in total. The van der Waals surface area contributed by atoms with Crippen LogP contribution in [0.5, 0.6) is 0 Å². The smallest absolute Gasteiger partial charge is 0.197 e. The number of nitrogens with zero attached hydrogens (tertiary/aromatic N) is 2. The molecule has 0 amide bonds. The Morgan fingerprint density at radius 2 is 2.12 bits per heavy atom. The highest BCUT2D eigenvalue weighted by Crippen LogP contribution is 2.23. The summed E-state index contributed by atoms with van der Waals surface area (Å²) in [5.74, 6) is -0.0405. The maximum Gasteiger partial charge on any atom is 0.197 e. The maximum atomic E-state index is 12.1. The summed E-state index contributed by atoms with van der Waals surface area (Å²) in [6.07, 6.45) is 3.27. The summed E-state index contributed by atoms with van der Waals surface area (Å²) in [6.45, 7) is 0. The van der Waals surface area contributed by atoms with Gasteiger partial charge in [0.1, 0.15) is 0 Å². The lowest BCUT2D eigenvalue weighted by atomic mass is 10.1. The minimum Gasteiger partial charge on any atom is -0.288 e. The SMILES string of the molecule is Cn1cc(C(=O)c2cc(Br)ccc2Br)cn1. The van der Waals surface area contributed by atoms with Crippen LogP contribution in [-0.4, -0.2) is 15.6 Å². The molecule has 82 valence electrons. The van der Waals surface area contributed by atoms with Crippen molar-refractivity contribution in [2.24, 2.45) is 7.05 Å². The molecule has 0 aliphatic carbocycles. The van der Waals surface area contributed by atoms with Crippen molar-refractivity contribution in [1.82, 2.24) is 9.78 Å². The summed E-state index contributed by atoms with van der Waals surface area (Å²) in [5.41, 5.74) is 1.21. The fraction of sp³-hybridized carbons (Fsp3) is 0.0909. The molecule has 1 aromatic heterocycles. The Morgan fingerprint density at radius 1 is 1.38 bits per heavy atom. The van der Waals surface area contributed by atoms with E-state index in [-0.39, 0.29) is 5.78 Å². The van der Waals surface area contributed by atoms with Crippen molar-refractivity contribution in [3.8, 4) is 0 Å². The van der Waals surface area contributed by atoms with Crippen LogP contribution in [0.1, 0.15) is 15.9 Å². The lowest BCUT2D eigenvalue weighted by Gasteiger charge is -2.02. The molecule has 0 saturated heterocycles. The van der Waals surface area contributed by atoms with Gasteiger partial charge in [-0.25, -0.2) is 0 Å². The third-order valence-electron chi connectivity index (χ3n) is 2.14. The lowest BCUT2D eigenvalue weighted by molar-refractivity contribution is 0.103. The molecule has 0 fully saturated rings. The van der Waals surface area contributed by atoms with E-state index in [1.165, 1.54) is 0 Å². The normalized spacial score (nSPS) is 10.4. The van der Waals surface area contributed by atoms with Gasteiger partial charge in [0.15, 0.2) is 5.78 Å². The molecule has 0 unspecified atom stereocenters. The van der Waals surface area contributed by atoms with Gasteiger partial charge in [-0.2, -0.15) is 5.10 Å². The van der Waals surface area contributed by atoms with Crippen LogP contribution in [0.3, 0.4) is 0 Å². The Hall–Kier alpha value is -0.940. The predicted octanol–water partition coefficient (Wildman–Crippen LogP) is 3.18. The van der Waals surface area contributed by atoms with Crippen LogP contribution >= 0.6 is 31.9 Å². The number of ketones is 1. The van der Waals surface area contributed by atoms with Gasteiger partial charge in [-0.1, -0.05) is 31.9 Å². The van der Waals surface area contributed by atoms with E-state index in [0.29, 0.717) is 11.1 Å². The standard InChI is InChI=1S/C11H8Br2N2O/c1-15-6-7(5-14-15)11(16)9-4-8(12)2-3-10(9)13/h2-6H,1H3. The Labute approximate surface area is 110 Å². The second kappa shape index (κ2) is 4.51. The highest BCUT2D eigenvalue weighted by Gasteiger charge is 2.14. The summed E-state index contributed by atoms with van der Waals surface area (Å²) in [5, 5.41) is 3.98. The minimum atomic E-state index is -0.0405. The van der Waals surface area contributed by atoms with Crippen LogP contribution in [0.4, 0.5) is 0 Å². The van der Waals surface area contributed by atoms with E-state index in [1.807, 2.05) is 12.1 Å². The third-order valence-corrected chi connectivity index (χ3v) is 3.32. The second-order valence-corrected chi connectivity index (χ2v) is 5.13. The number of hydrogen-bond acceptors (Lipinski definition) is 2. The van der Waals surface area contributed by atoms with Crippen LogP contribution in [0, 0.1) is 0 Å². The molecule has 3 nitrogen and oxygen atoms in total. The number of benzene rings is 1. The number of aromatic nitrogens is 2. The van der Waals surface area contributed by atoms with E-state index < -0.39 is 0 Å². The topological polar surface area (TPSA) is 34.9 Å². The van der Waals surface area contributed by atoms with Crippen molar-refractivity contribution in [2.75, 3.05) is 0 Å². The van der Waals surface area contributed by atoms with Crippen molar-refractivity contribution in [2.45, 2.75) is 0 Å². The van der Waals surface area contributed by atoms with Gasteiger partial charge < -0.3 is 0 Å². The Balaban J connectivity index is 2.45. The van der Waals surface area contributed by atoms with Gasteiger partial charge in [-0.3, -0.25) is 9.48 Å². The van der Waals surface area contributed by atoms with Gasteiger partial charge in [0.05, 0.1) is 11.8 Å². The fourth-order valence-corrected chi connectivity index (χ4v) is 2.15. The minimum absolute atomic E-state index is 0.0405. The maximum absolute atomic E-state index is 12.1. The molecule has 0 atom stereocenters. The van der Waals surface area contributed by atoms with E-state index >= 15 is 0 Å². The molecule has 16 heavy (non-hydrogen) atoms. The van der Waals surface area contributed by atoms with E-state index in [4.69, 9.17) is 0 Å². The molecule has 0 saturated carbocycles. The first-order valence-corrected chi connectivity index (χ1v) is 6.15. The zero-order valence-corrected chi connectivity index (χ0v) is 11.6. The van der Waals surface area contributed by atoms with Crippen molar-refractivity contribution in [3.63, 3.8) is 0 Å². The molecule has 0 spiro atoms. The molecule has 0 aliphatic rings. The van der Waals surface area contributed by atoms with Gasteiger partial charge in [0, 0.05) is 27.8 Å². The summed E-state index contributed by atoms with van der Waals surface area (Å²) in [7, 11) is 1.78. The van der Waals surface area contributed by atoms with Crippen LogP contribution in [0.25, 0.3) is 0 Å². The van der Waals surface area contributed by atoms with Gasteiger partial charge >= 0.3 is 0 Å². The average molecular weight is 344 g/mol. The first-order chi connectivity index (χ1) is 7.58. The zero-order chi connectivity index (χ0) is 11.7. The number of carbonyl (C=O) groups is 1. The van der Waals surface area contributed by atoms with Crippen LogP contribution < -0.4 is 0 Å². The second-order valence-electron chi connectivity index (χ2n) is 3.36. The molecule has 1 aromatic carbocycles. The van der Waals surface area contributed by atoms with Crippen LogP contribution in [-0.2, 0) is 7.05 Å². The number of carbonyl (C=O) groups excluding carboxylic acids is 1. The van der Waals surface area contributed by atoms with E-state index in [0.717, 1.165) is 8.95 Å². The number of rotatable bonds is 2. The molecule has 0 aliphatic heterocycles. The molecule has 0 bridgehead atoms. The van der Waals surface area contributed by atoms with Crippen molar-refractivity contribution in [1.29, 1.82) is 0 Å². The van der Waals surface area contributed by atoms with Crippen molar-refractivity contribution < 1.29 is 4.79 Å². The average Bonchev–Trinajstić information content (AvgIpc) is 2.67. The van der Waals surface area contributed by atoms with Crippen molar-refractivity contribution in [3.05, 3.63) is 50.7 Å². The summed E-state index contributed by atoms with van der Waals surface area (Å²) in [6, 6.07) is 5.51. The molecule has 0 radical (unpaired) electrons. The van der Waals surface area contributed by atoms with Crippen LogP contribution in [0.2, 0.25) is 0 Å². The Kier molecular flexibility index (Phi) is 3.25. The highest BCUT2D eigenvalue weighted by molar-refractivity contribution is 9.11. The molecular formula is C11H8Br2N2O. The fourth-order valence-electron chi connectivity index (χ4n) is 1.37. The van der Waals surface area contributed by atoms with E-state index in [9.17, 15) is 4.79 Å². The van der Waals surface area contributed by atoms with Gasteiger partial charge in [0.25, 0.3) is 0 Å². The lowest BCUT2D eigenvalue weighted by Crippen LogP contribution is -2.01. The van der Waals surface area contributed by atoms with Gasteiger partial charge in [-0.05, 0) is 18.2 Å². The predicted molar refractivity (Wildman–Crippen MR) is 68.5 cm³/mol. The number of aryl methyl sites for hydroxylation is 1. The Bertz CT molecular complexity index is 549. The summed E-state index contributed by atoms with van der Waals surface area (Å²) in [4.78, 5) is 12.1. The monoisotopic (exact) mass is 342 g/mol. The third kappa shape index (κ3) is 2.25. The van der Waals surface area contributed by atoms with Gasteiger partial charge in [-0.15, -0.1) is 0 Å². The molecule has 1 heterocycles. The van der Waals surface area contributed by atoms with E-state index in [2.05, 4.69) is 37.0 Å². The molecule has 5 heteroatoms. The van der Waals surface area contributed by atoms with Gasteiger partial charge in [0.2, 0.25) is 0 Å². The molecule has 2 aromatic rings. The first-order valence-electron chi connectivity index (χ1n) is 4.56. The number of halogens is 2. The largest absolute Gasteiger partial charge is 0.288 e. The molecule has 2 rings (SSSR count). The van der Waals surface area contributed by atoms with E-state index in [1.54, 1.807) is 30.2 Å². The summed E-state index contributed by atoms with van der Waals surface area (Å²) < 4.78 is 3.27. The molecular weight excluding hydrogens is 336 g/mol. The van der Waals surface area contributed by atoms with Crippen LogP contribution in [0.15, 0.2) is 39.5 Å². The highest BCUT2D eigenvalue weighted by atomic mass is 79.9.